The van der Waals surface area contributed by atoms with Crippen LogP contribution in [0.25, 0.3) is 10.8 Å². The van der Waals surface area contributed by atoms with Crippen molar-refractivity contribution in [1.82, 2.24) is 15.1 Å². The molecule has 0 aromatic heterocycles. The fourth-order valence-electron chi connectivity index (χ4n) is 6.88. The third-order valence-electron chi connectivity index (χ3n) is 9.44. The molecule has 2 unspecified atom stereocenters. The Bertz CT molecular complexity index is 1700. The van der Waals surface area contributed by atoms with Crippen LogP contribution in [0.2, 0.25) is 0 Å². The number of nitrogens with zero attached hydrogens (tertiary/aromatic N) is 3. The van der Waals surface area contributed by atoms with Crippen LogP contribution in [0.4, 0.5) is 32.0 Å². The van der Waals surface area contributed by atoms with Crippen molar-refractivity contribution in [3.63, 3.8) is 0 Å². The lowest BCUT2D eigenvalue weighted by molar-refractivity contribution is -0.193. The summed E-state index contributed by atoms with van der Waals surface area (Å²) in [6.07, 6.45) is -4.87. The first-order chi connectivity index (χ1) is 24.9. The minimum Gasteiger partial charge on any atom is -0.475 e. The van der Waals surface area contributed by atoms with E-state index in [1.54, 1.807) is 4.90 Å². The number of aliphatic carboxylic acids is 2. The van der Waals surface area contributed by atoms with E-state index in [9.17, 15) is 35.9 Å². The molecule has 3 aromatic carbocycles. The van der Waals surface area contributed by atoms with Crippen LogP contribution in [-0.2, 0) is 25.7 Å². The summed E-state index contributed by atoms with van der Waals surface area (Å²) in [7, 11) is 0. The van der Waals surface area contributed by atoms with Crippen LogP contribution in [-0.4, -0.2) is 100 Å². The number of anilines is 1. The summed E-state index contributed by atoms with van der Waals surface area (Å²) in [5.41, 5.74) is 7.86. The van der Waals surface area contributed by atoms with E-state index in [0.29, 0.717) is 6.67 Å². The van der Waals surface area contributed by atoms with Crippen LogP contribution in [0.3, 0.4) is 0 Å². The highest BCUT2D eigenvalue weighted by atomic mass is 19.4. The third kappa shape index (κ3) is 10.8. The van der Waals surface area contributed by atoms with Crippen LogP contribution in [0.15, 0.2) is 72.8 Å². The molecule has 0 radical (unpaired) electrons. The summed E-state index contributed by atoms with van der Waals surface area (Å²) in [5, 5.41) is 20.0. The van der Waals surface area contributed by atoms with Crippen LogP contribution in [0.1, 0.15) is 44.1 Å². The molecule has 2 heterocycles. The summed E-state index contributed by atoms with van der Waals surface area (Å²) >= 11 is 0. The highest BCUT2D eigenvalue weighted by Crippen LogP contribution is 2.40. The molecule has 3 fully saturated rings. The lowest BCUT2D eigenvalue weighted by atomic mass is 9.85. The van der Waals surface area contributed by atoms with Gasteiger partial charge in [-0.15, -0.1) is 0 Å². The molecule has 0 bridgehead atoms. The van der Waals surface area contributed by atoms with Gasteiger partial charge in [0, 0.05) is 37.4 Å². The van der Waals surface area contributed by atoms with Crippen molar-refractivity contribution in [2.24, 2.45) is 5.73 Å². The Morgan fingerprint density at radius 1 is 0.830 bits per heavy atom. The maximum absolute atomic E-state index is 14.1. The zero-order chi connectivity index (χ0) is 39.0. The molecule has 2 amide bonds. The van der Waals surface area contributed by atoms with Crippen LogP contribution in [0, 0.1) is 0 Å². The monoisotopic (exact) mass is 753 g/mol. The number of benzene rings is 3. The highest BCUT2D eigenvalue weighted by molar-refractivity contribution is 5.96. The number of nitrogens with two attached hydrogens (primary N) is 1. The Morgan fingerprint density at radius 2 is 1.40 bits per heavy atom. The molecule has 1 saturated carbocycles. The zero-order valence-electron chi connectivity index (χ0n) is 28.6. The topological polar surface area (TPSA) is 157 Å². The number of nitrogens with one attached hydrogen (secondary N) is 1. The van der Waals surface area contributed by atoms with Gasteiger partial charge in [0.15, 0.2) is 0 Å². The van der Waals surface area contributed by atoms with Gasteiger partial charge in [0.2, 0.25) is 11.8 Å². The predicted octanol–water partition coefficient (Wildman–Crippen LogP) is 5.13. The van der Waals surface area contributed by atoms with E-state index in [4.69, 9.17) is 25.5 Å². The summed E-state index contributed by atoms with van der Waals surface area (Å²) in [6, 6.07) is 25.5. The second kappa shape index (κ2) is 17.3. The summed E-state index contributed by atoms with van der Waals surface area (Å²) < 4.78 is 63.5. The van der Waals surface area contributed by atoms with Crippen molar-refractivity contribution >= 4 is 40.2 Å². The predicted molar refractivity (Wildman–Crippen MR) is 182 cm³/mol. The number of hydrogen-bond donors (Lipinski definition) is 4. The smallest absolute Gasteiger partial charge is 0.475 e. The van der Waals surface area contributed by atoms with Gasteiger partial charge in [-0.05, 0) is 67.0 Å². The largest absolute Gasteiger partial charge is 0.490 e. The fourth-order valence-corrected chi connectivity index (χ4v) is 6.88. The molecular weight excluding hydrogens is 712 g/mol. The molecule has 3 aliphatic rings. The molecule has 3 aromatic rings. The molecule has 11 nitrogen and oxygen atoms in total. The average Bonchev–Trinajstić information content (AvgIpc) is 3.35. The number of rotatable bonds is 6. The van der Waals surface area contributed by atoms with Crippen molar-refractivity contribution < 1.29 is 55.7 Å². The number of fused-ring (bicyclic) bond motifs is 1. The Hall–Kier alpha value is -4.90. The van der Waals surface area contributed by atoms with E-state index >= 15 is 0 Å². The number of piperidine rings is 1. The lowest BCUT2D eigenvalue weighted by Gasteiger charge is -2.43. The summed E-state index contributed by atoms with van der Waals surface area (Å²) in [6.45, 7) is 3.06. The average molecular weight is 754 g/mol. The summed E-state index contributed by atoms with van der Waals surface area (Å²) in [5.74, 6) is -5.52. The van der Waals surface area contributed by atoms with Gasteiger partial charge in [-0.25, -0.2) is 9.59 Å². The quantitative estimate of drug-likeness (QED) is 0.251. The lowest BCUT2D eigenvalue weighted by Crippen LogP contribution is -2.56. The molecule has 2 aliphatic heterocycles. The number of hydrogen-bond acceptors (Lipinski definition) is 7. The normalized spacial score (nSPS) is 20.2. The minimum atomic E-state index is -5.08. The number of carboxylic acids is 2. The van der Waals surface area contributed by atoms with E-state index in [0.717, 1.165) is 63.8 Å². The zero-order valence-corrected chi connectivity index (χ0v) is 28.6. The number of amides is 2. The van der Waals surface area contributed by atoms with Gasteiger partial charge in [0.05, 0.1) is 6.67 Å². The van der Waals surface area contributed by atoms with Gasteiger partial charge in [-0.1, -0.05) is 60.7 Å². The van der Waals surface area contributed by atoms with Gasteiger partial charge < -0.3 is 31.1 Å². The Balaban J connectivity index is 0.000000381. The molecule has 1 spiro atoms. The van der Waals surface area contributed by atoms with Crippen LogP contribution < -0.4 is 16.0 Å². The van der Waals surface area contributed by atoms with Gasteiger partial charge in [-0.2, -0.15) is 26.3 Å². The highest BCUT2D eigenvalue weighted by Gasteiger charge is 2.54. The van der Waals surface area contributed by atoms with Crippen LogP contribution >= 0.6 is 0 Å². The Labute approximate surface area is 301 Å². The van der Waals surface area contributed by atoms with Gasteiger partial charge in [-0.3, -0.25) is 14.5 Å². The number of likely N-dealkylation sites (tertiary alicyclic amines) is 1. The molecule has 17 heteroatoms. The Morgan fingerprint density at radius 3 is 1.98 bits per heavy atom. The number of halogens is 6. The van der Waals surface area contributed by atoms with E-state index in [2.05, 4.69) is 69.7 Å². The first-order valence-corrected chi connectivity index (χ1v) is 16.9. The maximum Gasteiger partial charge on any atom is 0.490 e. The Kier molecular flexibility index (Phi) is 13.3. The van der Waals surface area contributed by atoms with Crippen molar-refractivity contribution in [3.05, 3.63) is 78.4 Å². The van der Waals surface area contributed by atoms with Crippen molar-refractivity contribution in [1.29, 1.82) is 0 Å². The van der Waals surface area contributed by atoms with E-state index in [1.807, 2.05) is 18.2 Å². The maximum atomic E-state index is 14.1. The van der Waals surface area contributed by atoms with E-state index in [-0.39, 0.29) is 30.4 Å². The number of para-hydroxylation sites is 1. The molecule has 53 heavy (non-hydrogen) atoms. The molecular formula is C36H41F6N5O6. The van der Waals surface area contributed by atoms with Crippen molar-refractivity contribution in [2.75, 3.05) is 31.2 Å². The molecule has 2 atom stereocenters. The molecule has 5 N–H and O–H groups in total. The molecule has 2 saturated heterocycles. The second-order valence-electron chi connectivity index (χ2n) is 13.2. The van der Waals surface area contributed by atoms with Gasteiger partial charge in [0.1, 0.15) is 12.1 Å². The molecule has 1 aliphatic carbocycles. The fraction of sp³-hybridized carbons (Fsp3) is 0.444. The number of carboxylic acid groups (broad SMARTS) is 2. The number of carbonyl (C=O) groups excluding carboxylic acids is 2. The minimum absolute atomic E-state index is 0.0756. The van der Waals surface area contributed by atoms with Crippen LogP contribution in [0.5, 0.6) is 0 Å². The standard InChI is InChI=1S/C32H39N5O2.2C2HF3O2/c33-26-11-7-12-27(20-26)34-30(38)22-36-23-37(28-13-2-1-3-14-28)32(31(36)39)16-18-35(19-17-32)21-25-10-6-9-24-8-4-5-15-29(24)25;2*3-2(4,5)1(6)7/h1-6,8-10,13-15,26-27H,7,11-12,16-23,33H2,(H,34,38);2*(H,6,7). The first kappa shape index (κ1) is 40.9. The molecule has 6 rings (SSSR count). The third-order valence-corrected chi connectivity index (χ3v) is 9.44. The van der Waals surface area contributed by atoms with Gasteiger partial charge >= 0.3 is 24.3 Å². The number of alkyl halides is 6. The number of carbonyl (C=O) groups is 4. The van der Waals surface area contributed by atoms with Gasteiger partial charge in [0.25, 0.3) is 0 Å². The van der Waals surface area contributed by atoms with E-state index < -0.39 is 29.8 Å². The SMILES string of the molecule is NC1CCCC(NC(=O)CN2CN(c3ccccc3)C3(CCN(Cc4cccc5ccccc45)CC3)C2=O)C1.O=C(O)C(F)(F)F.O=C(O)C(F)(F)F. The van der Waals surface area contributed by atoms with Crippen molar-refractivity contribution in [2.45, 2.75) is 75.0 Å². The first-order valence-electron chi connectivity index (χ1n) is 16.9. The second-order valence-corrected chi connectivity index (χ2v) is 13.2. The van der Waals surface area contributed by atoms with Crippen molar-refractivity contribution in [3.8, 4) is 0 Å². The molecule has 288 valence electrons. The summed E-state index contributed by atoms with van der Waals surface area (Å²) in [4.78, 5) is 51.3. The van der Waals surface area contributed by atoms with E-state index in [1.165, 1.54) is 16.3 Å².